The smallest absolute Gasteiger partial charge is 0.257 e. The molecule has 8 nitrogen and oxygen atoms in total. The van der Waals surface area contributed by atoms with Crippen molar-refractivity contribution >= 4 is 21.6 Å². The van der Waals surface area contributed by atoms with Crippen LogP contribution < -0.4 is 10.5 Å². The van der Waals surface area contributed by atoms with Gasteiger partial charge in [-0.3, -0.25) is 4.79 Å². The fraction of sp³-hybridized carbons (Fsp3) is 0.0500. The molecule has 146 valence electrons. The Kier molecular flexibility index (Phi) is 4.83. The molecule has 4 aromatic rings. The summed E-state index contributed by atoms with van der Waals surface area (Å²) in [6.45, 7) is 0.137. The quantitative estimate of drug-likeness (QED) is 0.524. The van der Waals surface area contributed by atoms with Crippen LogP contribution in [0.3, 0.4) is 0 Å². The van der Waals surface area contributed by atoms with Crippen molar-refractivity contribution in [1.82, 2.24) is 19.9 Å². The van der Waals surface area contributed by atoms with E-state index in [9.17, 15) is 13.2 Å². The lowest BCUT2D eigenvalue weighted by Crippen LogP contribution is -2.23. The van der Waals surface area contributed by atoms with Gasteiger partial charge >= 0.3 is 0 Å². The minimum atomic E-state index is -3.80. The largest absolute Gasteiger partial charge is 0.348 e. The second-order valence-electron chi connectivity index (χ2n) is 6.36. The normalized spacial score (nSPS) is 11.5. The van der Waals surface area contributed by atoms with E-state index in [2.05, 4.69) is 15.4 Å². The van der Waals surface area contributed by atoms with Crippen LogP contribution in [0.4, 0.5) is 0 Å². The molecule has 0 fully saturated rings. The monoisotopic (exact) mass is 407 g/mol. The maximum atomic E-state index is 12.7. The first-order valence-corrected chi connectivity index (χ1v) is 10.3. The second kappa shape index (κ2) is 7.46. The highest BCUT2D eigenvalue weighted by atomic mass is 32.2. The number of sulfonamides is 1. The Morgan fingerprint density at radius 3 is 2.62 bits per heavy atom. The number of rotatable bonds is 5. The van der Waals surface area contributed by atoms with Gasteiger partial charge in [0, 0.05) is 18.3 Å². The molecule has 0 radical (unpaired) electrons. The standard InChI is InChI=1S/C20H17N5O3S/c21-29(27,28)16-8-4-5-14(11-16)12-23-20(26)17-13-24-25-18(9-10-22-19(17)25)15-6-2-1-3-7-15/h1-11,13H,12H2,(H,23,26)(H2,21,27,28). The van der Waals surface area contributed by atoms with Crippen LogP contribution in [0.25, 0.3) is 16.9 Å². The summed E-state index contributed by atoms with van der Waals surface area (Å²) in [6, 6.07) is 17.6. The molecule has 3 N–H and O–H groups in total. The van der Waals surface area contributed by atoms with Gasteiger partial charge in [-0.25, -0.2) is 23.1 Å². The van der Waals surface area contributed by atoms with Crippen molar-refractivity contribution < 1.29 is 13.2 Å². The Morgan fingerprint density at radius 1 is 1.07 bits per heavy atom. The van der Waals surface area contributed by atoms with Crippen LogP contribution in [0.15, 0.2) is 78.0 Å². The van der Waals surface area contributed by atoms with E-state index in [0.717, 1.165) is 11.3 Å². The third kappa shape index (κ3) is 3.86. The number of fused-ring (bicyclic) bond motifs is 1. The van der Waals surface area contributed by atoms with Crippen LogP contribution in [0, 0.1) is 0 Å². The van der Waals surface area contributed by atoms with E-state index in [1.807, 2.05) is 36.4 Å². The molecule has 2 heterocycles. The van der Waals surface area contributed by atoms with Gasteiger partial charge in [0.15, 0.2) is 5.65 Å². The number of amides is 1. The number of carbonyl (C=O) groups excluding carboxylic acids is 1. The molecule has 0 bridgehead atoms. The lowest BCUT2D eigenvalue weighted by atomic mass is 10.1. The van der Waals surface area contributed by atoms with Gasteiger partial charge in [-0.05, 0) is 23.8 Å². The van der Waals surface area contributed by atoms with Gasteiger partial charge in [0.2, 0.25) is 10.0 Å². The van der Waals surface area contributed by atoms with E-state index in [1.165, 1.54) is 18.3 Å². The Morgan fingerprint density at radius 2 is 1.86 bits per heavy atom. The number of primary sulfonamides is 1. The molecule has 0 aliphatic rings. The average molecular weight is 407 g/mol. The predicted octanol–water partition coefficient (Wildman–Crippen LogP) is 1.97. The molecule has 0 atom stereocenters. The average Bonchev–Trinajstić information content (AvgIpc) is 3.16. The van der Waals surface area contributed by atoms with Crippen LogP contribution in [-0.2, 0) is 16.6 Å². The van der Waals surface area contributed by atoms with E-state index in [4.69, 9.17) is 5.14 Å². The van der Waals surface area contributed by atoms with Crippen molar-refractivity contribution in [2.75, 3.05) is 0 Å². The zero-order chi connectivity index (χ0) is 20.4. The lowest BCUT2D eigenvalue weighted by Gasteiger charge is -2.07. The highest BCUT2D eigenvalue weighted by Gasteiger charge is 2.16. The van der Waals surface area contributed by atoms with Crippen molar-refractivity contribution in [3.63, 3.8) is 0 Å². The molecule has 1 amide bonds. The zero-order valence-electron chi connectivity index (χ0n) is 15.2. The number of nitrogens with zero attached hydrogens (tertiary/aromatic N) is 3. The molecule has 0 spiro atoms. The second-order valence-corrected chi connectivity index (χ2v) is 7.93. The summed E-state index contributed by atoms with van der Waals surface area (Å²) in [5.41, 5.74) is 3.14. The Labute approximate surface area is 167 Å². The number of nitrogens with one attached hydrogen (secondary N) is 1. The molecule has 2 aromatic heterocycles. The van der Waals surface area contributed by atoms with Gasteiger partial charge in [-0.1, -0.05) is 42.5 Å². The topological polar surface area (TPSA) is 119 Å². The van der Waals surface area contributed by atoms with Gasteiger partial charge in [0.1, 0.15) is 5.56 Å². The fourth-order valence-corrected chi connectivity index (χ4v) is 3.57. The maximum absolute atomic E-state index is 12.7. The van der Waals surface area contributed by atoms with Crippen LogP contribution in [-0.4, -0.2) is 28.9 Å². The summed E-state index contributed by atoms with van der Waals surface area (Å²) >= 11 is 0. The first-order chi connectivity index (χ1) is 13.9. The van der Waals surface area contributed by atoms with E-state index < -0.39 is 10.0 Å². The third-order valence-corrected chi connectivity index (χ3v) is 5.31. The van der Waals surface area contributed by atoms with Gasteiger partial charge in [0.25, 0.3) is 5.91 Å². The third-order valence-electron chi connectivity index (χ3n) is 4.40. The van der Waals surface area contributed by atoms with Crippen LogP contribution >= 0.6 is 0 Å². The van der Waals surface area contributed by atoms with Crippen LogP contribution in [0.1, 0.15) is 15.9 Å². The first-order valence-electron chi connectivity index (χ1n) is 8.71. The molecule has 0 aliphatic heterocycles. The molecule has 29 heavy (non-hydrogen) atoms. The predicted molar refractivity (Wildman–Crippen MR) is 107 cm³/mol. The number of hydrogen-bond acceptors (Lipinski definition) is 5. The summed E-state index contributed by atoms with van der Waals surface area (Å²) in [6.07, 6.45) is 3.09. The SMILES string of the molecule is NS(=O)(=O)c1cccc(CNC(=O)c2cnn3c(-c4ccccc4)ccnc23)c1. The van der Waals surface area contributed by atoms with E-state index in [-0.39, 0.29) is 17.3 Å². The molecule has 0 saturated carbocycles. The van der Waals surface area contributed by atoms with Crippen molar-refractivity contribution in [2.45, 2.75) is 11.4 Å². The first kappa shape index (κ1) is 18.8. The number of nitrogens with two attached hydrogens (primary N) is 1. The van der Waals surface area contributed by atoms with E-state index >= 15 is 0 Å². The summed E-state index contributed by atoms with van der Waals surface area (Å²) in [4.78, 5) is 17.0. The number of hydrogen-bond donors (Lipinski definition) is 2. The highest BCUT2D eigenvalue weighted by molar-refractivity contribution is 7.89. The molecule has 4 rings (SSSR count). The Hall–Kier alpha value is -3.56. The Balaban J connectivity index is 1.59. The molecule has 2 aromatic carbocycles. The molecule has 0 aliphatic carbocycles. The van der Waals surface area contributed by atoms with Gasteiger partial charge in [0.05, 0.1) is 16.8 Å². The number of benzene rings is 2. The summed E-state index contributed by atoms with van der Waals surface area (Å²) in [5, 5.41) is 12.2. The maximum Gasteiger partial charge on any atom is 0.257 e. The van der Waals surface area contributed by atoms with Gasteiger partial charge in [-0.15, -0.1) is 0 Å². The van der Waals surface area contributed by atoms with Crippen molar-refractivity contribution in [1.29, 1.82) is 0 Å². The minimum absolute atomic E-state index is 0.00518. The van der Waals surface area contributed by atoms with Crippen molar-refractivity contribution in [3.8, 4) is 11.3 Å². The van der Waals surface area contributed by atoms with E-state index in [0.29, 0.717) is 16.8 Å². The fourth-order valence-electron chi connectivity index (χ4n) is 2.99. The Bertz CT molecular complexity index is 1300. The van der Waals surface area contributed by atoms with Gasteiger partial charge in [-0.2, -0.15) is 5.10 Å². The molecule has 9 heteroatoms. The lowest BCUT2D eigenvalue weighted by molar-refractivity contribution is 0.0952. The van der Waals surface area contributed by atoms with Crippen molar-refractivity contribution in [2.24, 2.45) is 5.14 Å². The number of carbonyl (C=O) groups is 1. The molecule has 0 saturated heterocycles. The van der Waals surface area contributed by atoms with Gasteiger partial charge < -0.3 is 5.32 Å². The summed E-state index contributed by atoms with van der Waals surface area (Å²) in [7, 11) is -3.80. The highest BCUT2D eigenvalue weighted by Crippen LogP contribution is 2.20. The molecular weight excluding hydrogens is 390 g/mol. The number of aromatic nitrogens is 3. The minimum Gasteiger partial charge on any atom is -0.348 e. The summed E-state index contributed by atoms with van der Waals surface area (Å²) in [5.74, 6) is -0.362. The van der Waals surface area contributed by atoms with E-state index in [1.54, 1.807) is 22.8 Å². The molecular formula is C20H17N5O3S. The van der Waals surface area contributed by atoms with Crippen LogP contribution in [0.2, 0.25) is 0 Å². The molecule has 0 unspecified atom stereocenters. The van der Waals surface area contributed by atoms with Crippen LogP contribution in [0.5, 0.6) is 0 Å². The zero-order valence-corrected chi connectivity index (χ0v) is 16.0. The van der Waals surface area contributed by atoms with Crippen molar-refractivity contribution in [3.05, 3.63) is 84.2 Å². The summed E-state index contributed by atoms with van der Waals surface area (Å²) < 4.78 is 24.6.